The van der Waals surface area contributed by atoms with E-state index in [2.05, 4.69) is 0 Å². The average Bonchev–Trinajstić information content (AvgIpc) is 3.18. The Labute approximate surface area is 156 Å². The Morgan fingerprint density at radius 3 is 2.31 bits per heavy atom. The summed E-state index contributed by atoms with van der Waals surface area (Å²) in [5.74, 6) is -0.0284. The molecule has 26 heavy (non-hydrogen) atoms. The predicted octanol–water partition coefficient (Wildman–Crippen LogP) is 2.46. The smallest absolute Gasteiger partial charge is 0.255 e. The Morgan fingerprint density at radius 1 is 1.23 bits per heavy atom. The lowest BCUT2D eigenvalue weighted by Gasteiger charge is -2.25. The summed E-state index contributed by atoms with van der Waals surface area (Å²) in [6.45, 7) is 1.64. The highest BCUT2D eigenvalue weighted by Gasteiger charge is 2.23. The van der Waals surface area contributed by atoms with Crippen LogP contribution in [0.5, 0.6) is 17.2 Å². The van der Waals surface area contributed by atoms with Crippen molar-refractivity contribution in [3.8, 4) is 17.2 Å². The van der Waals surface area contributed by atoms with Crippen LogP contribution in [0.25, 0.3) is 0 Å². The van der Waals surface area contributed by atoms with Crippen LogP contribution in [0.15, 0.2) is 29.6 Å². The standard InChI is InChI=1S/C18H22N2O5S/c1-11(15-6-5-7-26-15)20(2)18(22)12-8-13(23-3)17(14(9-12)24-4)25-10-16(19)21/h5-9,11H,10H2,1-4H3,(H2,19,21). The fourth-order valence-corrected chi connectivity index (χ4v) is 3.21. The minimum atomic E-state index is -0.626. The molecule has 2 amide bonds. The van der Waals surface area contributed by atoms with Crippen LogP contribution in [0.2, 0.25) is 0 Å². The van der Waals surface area contributed by atoms with Gasteiger partial charge in [-0.3, -0.25) is 9.59 Å². The number of hydrogen-bond acceptors (Lipinski definition) is 6. The molecule has 1 aromatic heterocycles. The van der Waals surface area contributed by atoms with Gasteiger partial charge in [-0.2, -0.15) is 0 Å². The first-order valence-electron chi connectivity index (χ1n) is 7.86. The summed E-state index contributed by atoms with van der Waals surface area (Å²) in [7, 11) is 4.62. The minimum Gasteiger partial charge on any atom is -0.493 e. The van der Waals surface area contributed by atoms with Gasteiger partial charge in [0, 0.05) is 17.5 Å². The maximum Gasteiger partial charge on any atom is 0.255 e. The molecule has 2 rings (SSSR count). The first-order chi connectivity index (χ1) is 12.4. The van der Waals surface area contributed by atoms with Crippen molar-refractivity contribution in [2.45, 2.75) is 13.0 Å². The Bertz CT molecular complexity index is 751. The van der Waals surface area contributed by atoms with E-state index in [1.807, 2.05) is 24.4 Å². The monoisotopic (exact) mass is 378 g/mol. The van der Waals surface area contributed by atoms with E-state index in [9.17, 15) is 9.59 Å². The summed E-state index contributed by atoms with van der Waals surface area (Å²) in [6, 6.07) is 6.97. The number of carbonyl (C=O) groups excluding carboxylic acids is 2. The molecule has 0 saturated carbocycles. The zero-order valence-electron chi connectivity index (χ0n) is 15.1. The third-order valence-electron chi connectivity index (χ3n) is 3.92. The number of rotatable bonds is 8. The number of thiophene rings is 1. The molecule has 1 heterocycles. The van der Waals surface area contributed by atoms with Crippen molar-refractivity contribution in [1.29, 1.82) is 0 Å². The van der Waals surface area contributed by atoms with E-state index in [1.54, 1.807) is 35.4 Å². The zero-order chi connectivity index (χ0) is 19.3. The molecule has 0 bridgehead atoms. The molecule has 0 saturated heterocycles. The van der Waals surface area contributed by atoms with E-state index < -0.39 is 5.91 Å². The van der Waals surface area contributed by atoms with Gasteiger partial charge in [0.25, 0.3) is 11.8 Å². The van der Waals surface area contributed by atoms with Gasteiger partial charge >= 0.3 is 0 Å². The number of amides is 2. The van der Waals surface area contributed by atoms with Gasteiger partial charge in [0.05, 0.1) is 20.3 Å². The van der Waals surface area contributed by atoms with E-state index in [1.165, 1.54) is 14.2 Å². The predicted molar refractivity (Wildman–Crippen MR) is 99.1 cm³/mol. The van der Waals surface area contributed by atoms with Crippen molar-refractivity contribution in [2.75, 3.05) is 27.9 Å². The van der Waals surface area contributed by atoms with Gasteiger partial charge in [0.15, 0.2) is 18.1 Å². The van der Waals surface area contributed by atoms with Crippen LogP contribution < -0.4 is 19.9 Å². The van der Waals surface area contributed by atoms with E-state index in [-0.39, 0.29) is 35.8 Å². The lowest BCUT2D eigenvalue weighted by Crippen LogP contribution is -2.29. The number of ether oxygens (including phenoxy) is 3. The number of methoxy groups -OCH3 is 2. The molecule has 140 valence electrons. The van der Waals surface area contributed by atoms with Crippen molar-refractivity contribution in [2.24, 2.45) is 5.73 Å². The second-order valence-corrected chi connectivity index (χ2v) is 6.55. The van der Waals surface area contributed by atoms with Crippen molar-refractivity contribution < 1.29 is 23.8 Å². The Morgan fingerprint density at radius 2 is 1.85 bits per heavy atom. The van der Waals surface area contributed by atoms with Crippen LogP contribution in [0.1, 0.15) is 28.2 Å². The molecule has 2 aromatic rings. The number of carbonyl (C=O) groups is 2. The molecule has 0 radical (unpaired) electrons. The average molecular weight is 378 g/mol. The minimum absolute atomic E-state index is 0.0784. The number of hydrogen-bond donors (Lipinski definition) is 1. The second kappa shape index (κ2) is 8.57. The molecular weight excluding hydrogens is 356 g/mol. The fourth-order valence-electron chi connectivity index (χ4n) is 2.39. The third kappa shape index (κ3) is 4.26. The second-order valence-electron chi connectivity index (χ2n) is 5.57. The number of benzene rings is 1. The summed E-state index contributed by atoms with van der Waals surface area (Å²) in [4.78, 5) is 26.6. The molecule has 8 heteroatoms. The largest absolute Gasteiger partial charge is 0.493 e. The maximum absolute atomic E-state index is 12.9. The Hall–Kier alpha value is -2.74. The van der Waals surface area contributed by atoms with Gasteiger partial charge in [-0.25, -0.2) is 0 Å². The highest BCUT2D eigenvalue weighted by atomic mass is 32.1. The summed E-state index contributed by atoms with van der Waals surface area (Å²) >= 11 is 1.59. The van der Waals surface area contributed by atoms with E-state index >= 15 is 0 Å². The first-order valence-corrected chi connectivity index (χ1v) is 8.74. The van der Waals surface area contributed by atoms with Gasteiger partial charge in [0.1, 0.15) is 0 Å². The topological polar surface area (TPSA) is 91.1 Å². The molecule has 0 aliphatic heterocycles. The third-order valence-corrected chi connectivity index (χ3v) is 4.97. The molecule has 2 N–H and O–H groups in total. The van der Waals surface area contributed by atoms with Crippen LogP contribution in [0.4, 0.5) is 0 Å². The van der Waals surface area contributed by atoms with Crippen molar-refractivity contribution in [1.82, 2.24) is 4.90 Å². The van der Waals surface area contributed by atoms with Crippen LogP contribution in [-0.4, -0.2) is 44.6 Å². The van der Waals surface area contributed by atoms with Gasteiger partial charge < -0.3 is 24.8 Å². The van der Waals surface area contributed by atoms with E-state index in [0.29, 0.717) is 5.56 Å². The lowest BCUT2D eigenvalue weighted by molar-refractivity contribution is -0.120. The Kier molecular flexibility index (Phi) is 6.46. The number of nitrogens with two attached hydrogens (primary N) is 1. The molecule has 1 atom stereocenters. The molecule has 0 aliphatic carbocycles. The molecule has 7 nitrogen and oxygen atoms in total. The van der Waals surface area contributed by atoms with Crippen LogP contribution in [0, 0.1) is 0 Å². The fraction of sp³-hybridized carbons (Fsp3) is 0.333. The summed E-state index contributed by atoms with van der Waals surface area (Å²) in [5.41, 5.74) is 5.50. The van der Waals surface area contributed by atoms with Gasteiger partial charge in [-0.15, -0.1) is 11.3 Å². The van der Waals surface area contributed by atoms with Gasteiger partial charge in [0.2, 0.25) is 5.75 Å². The van der Waals surface area contributed by atoms with Gasteiger partial charge in [-0.1, -0.05) is 6.07 Å². The summed E-state index contributed by atoms with van der Waals surface area (Å²) in [5, 5.41) is 1.97. The molecule has 1 unspecified atom stereocenters. The van der Waals surface area contributed by atoms with E-state index in [4.69, 9.17) is 19.9 Å². The van der Waals surface area contributed by atoms with Crippen LogP contribution in [0.3, 0.4) is 0 Å². The lowest BCUT2D eigenvalue weighted by atomic mass is 10.1. The highest BCUT2D eigenvalue weighted by molar-refractivity contribution is 7.10. The molecule has 0 fully saturated rings. The quantitative estimate of drug-likeness (QED) is 0.762. The summed E-state index contributed by atoms with van der Waals surface area (Å²) in [6.07, 6.45) is 0. The maximum atomic E-state index is 12.9. The highest BCUT2D eigenvalue weighted by Crippen LogP contribution is 2.39. The number of nitrogens with zero attached hydrogens (tertiary/aromatic N) is 1. The van der Waals surface area contributed by atoms with Crippen molar-refractivity contribution >= 4 is 23.2 Å². The molecule has 0 aliphatic rings. The van der Waals surface area contributed by atoms with Crippen LogP contribution >= 0.6 is 11.3 Å². The zero-order valence-corrected chi connectivity index (χ0v) is 16.0. The Balaban J connectivity index is 2.33. The van der Waals surface area contributed by atoms with Crippen molar-refractivity contribution in [3.05, 3.63) is 40.1 Å². The SMILES string of the molecule is COc1cc(C(=O)N(C)C(C)c2cccs2)cc(OC)c1OCC(N)=O. The number of primary amides is 1. The summed E-state index contributed by atoms with van der Waals surface area (Å²) < 4.78 is 16.0. The van der Waals surface area contributed by atoms with Crippen molar-refractivity contribution in [3.63, 3.8) is 0 Å². The van der Waals surface area contributed by atoms with E-state index in [0.717, 1.165) is 4.88 Å². The first kappa shape index (κ1) is 19.6. The molecule has 0 spiro atoms. The van der Waals surface area contributed by atoms with Crippen LogP contribution in [-0.2, 0) is 4.79 Å². The van der Waals surface area contributed by atoms with Gasteiger partial charge in [-0.05, 0) is 30.5 Å². The molecular formula is C18H22N2O5S. The normalized spacial score (nSPS) is 11.5. The molecule has 1 aromatic carbocycles.